The summed E-state index contributed by atoms with van der Waals surface area (Å²) in [5.41, 5.74) is 5.47. The summed E-state index contributed by atoms with van der Waals surface area (Å²) in [6.07, 6.45) is 1.20. The Balaban J connectivity index is 2.17. The third-order valence-corrected chi connectivity index (χ3v) is 2.53. The van der Waals surface area contributed by atoms with E-state index in [-0.39, 0.29) is 0 Å². The number of hydrogen-bond acceptors (Lipinski definition) is 4. The number of hydrogen-bond donors (Lipinski definition) is 2. The molecule has 0 radical (unpaired) electrons. The van der Waals surface area contributed by atoms with Gasteiger partial charge >= 0.3 is 0 Å². The second kappa shape index (κ2) is 2.90. The van der Waals surface area contributed by atoms with E-state index in [9.17, 15) is 0 Å². The third kappa shape index (κ3) is 1.46. The molecule has 0 spiro atoms. The first-order valence-electron chi connectivity index (χ1n) is 4.61. The molecule has 1 fully saturated rings. The second-order valence-electron chi connectivity index (χ2n) is 3.86. The highest BCUT2D eigenvalue weighted by Crippen LogP contribution is 2.25. The van der Waals surface area contributed by atoms with Crippen LogP contribution in [0, 0.1) is 5.92 Å². The van der Waals surface area contributed by atoms with Gasteiger partial charge in [0.2, 0.25) is 11.9 Å². The summed E-state index contributed by atoms with van der Waals surface area (Å²) < 4.78 is 0. The fourth-order valence-corrected chi connectivity index (χ4v) is 1.97. The highest BCUT2D eigenvalue weighted by atomic mass is 15.4. The van der Waals surface area contributed by atoms with Crippen molar-refractivity contribution in [3.05, 3.63) is 0 Å². The Kier molecular flexibility index (Phi) is 1.86. The summed E-state index contributed by atoms with van der Waals surface area (Å²) in [6, 6.07) is 0.519. The maximum absolute atomic E-state index is 5.47. The van der Waals surface area contributed by atoms with Crippen LogP contribution in [0.3, 0.4) is 0 Å². The molecular formula is C8H15N5. The Bertz CT molecular complexity index is 294. The van der Waals surface area contributed by atoms with E-state index >= 15 is 0 Å². The zero-order valence-corrected chi connectivity index (χ0v) is 7.99. The van der Waals surface area contributed by atoms with E-state index < -0.39 is 0 Å². The minimum Gasteiger partial charge on any atom is -0.368 e. The van der Waals surface area contributed by atoms with Gasteiger partial charge in [-0.25, -0.2) is 5.10 Å². The third-order valence-electron chi connectivity index (χ3n) is 2.53. The molecule has 0 aromatic carbocycles. The van der Waals surface area contributed by atoms with Gasteiger partial charge in [-0.3, -0.25) is 0 Å². The van der Waals surface area contributed by atoms with E-state index in [1.54, 1.807) is 0 Å². The van der Waals surface area contributed by atoms with E-state index in [1.807, 2.05) is 0 Å². The smallest absolute Gasteiger partial charge is 0.246 e. The molecular weight excluding hydrogens is 166 g/mol. The Hall–Kier alpha value is -1.26. The molecule has 5 nitrogen and oxygen atoms in total. The lowest BCUT2D eigenvalue weighted by molar-refractivity contribution is 0.625. The predicted molar refractivity (Wildman–Crippen MR) is 51.4 cm³/mol. The van der Waals surface area contributed by atoms with Crippen LogP contribution in [0.1, 0.15) is 20.3 Å². The molecule has 1 saturated heterocycles. The predicted octanol–water partition coefficient (Wildman–Crippen LogP) is 0.622. The Labute approximate surface area is 77.3 Å². The molecule has 1 aliphatic rings. The van der Waals surface area contributed by atoms with Gasteiger partial charge in [0.25, 0.3) is 0 Å². The summed E-state index contributed by atoms with van der Waals surface area (Å²) in [7, 11) is 0. The van der Waals surface area contributed by atoms with Crippen LogP contribution in [0.15, 0.2) is 0 Å². The van der Waals surface area contributed by atoms with Gasteiger partial charge in [-0.05, 0) is 19.3 Å². The normalized spacial score (nSPS) is 28.3. The van der Waals surface area contributed by atoms with Gasteiger partial charge in [0.1, 0.15) is 0 Å². The Morgan fingerprint density at radius 2 is 2.31 bits per heavy atom. The lowest BCUT2D eigenvalue weighted by Crippen LogP contribution is -2.27. The number of nitrogens with one attached hydrogen (secondary N) is 1. The first-order chi connectivity index (χ1) is 6.16. The van der Waals surface area contributed by atoms with Crippen molar-refractivity contribution >= 4 is 11.9 Å². The SMILES string of the molecule is CC1CC(C)N(c2n[nH]c(N)n2)C1. The average Bonchev–Trinajstić information content (AvgIpc) is 2.58. The summed E-state index contributed by atoms with van der Waals surface area (Å²) in [5, 5.41) is 6.70. The number of aromatic nitrogens is 3. The van der Waals surface area contributed by atoms with Gasteiger partial charge in [-0.2, -0.15) is 4.98 Å². The van der Waals surface area contributed by atoms with Gasteiger partial charge in [-0.1, -0.05) is 6.92 Å². The maximum atomic E-state index is 5.47. The van der Waals surface area contributed by atoms with Gasteiger partial charge < -0.3 is 10.6 Å². The van der Waals surface area contributed by atoms with Gasteiger partial charge in [0.05, 0.1) is 0 Å². The molecule has 13 heavy (non-hydrogen) atoms. The van der Waals surface area contributed by atoms with Gasteiger partial charge in [-0.15, -0.1) is 5.10 Å². The molecule has 2 atom stereocenters. The van der Waals surface area contributed by atoms with E-state index in [4.69, 9.17) is 5.73 Å². The topological polar surface area (TPSA) is 70.8 Å². The molecule has 0 amide bonds. The van der Waals surface area contributed by atoms with Gasteiger partial charge in [0.15, 0.2) is 0 Å². The fourth-order valence-electron chi connectivity index (χ4n) is 1.97. The summed E-state index contributed by atoms with van der Waals surface area (Å²) in [4.78, 5) is 6.31. The minimum absolute atomic E-state index is 0.391. The summed E-state index contributed by atoms with van der Waals surface area (Å²) in [5.74, 6) is 1.84. The average molecular weight is 181 g/mol. The van der Waals surface area contributed by atoms with Crippen molar-refractivity contribution in [1.82, 2.24) is 15.2 Å². The molecule has 1 aromatic heterocycles. The number of aromatic amines is 1. The van der Waals surface area contributed by atoms with Crippen molar-refractivity contribution in [2.24, 2.45) is 5.92 Å². The van der Waals surface area contributed by atoms with Crippen molar-refractivity contribution in [3.63, 3.8) is 0 Å². The van der Waals surface area contributed by atoms with E-state index in [1.165, 1.54) is 6.42 Å². The van der Waals surface area contributed by atoms with Crippen LogP contribution >= 0.6 is 0 Å². The molecule has 5 heteroatoms. The fraction of sp³-hybridized carbons (Fsp3) is 0.750. The number of rotatable bonds is 1. The van der Waals surface area contributed by atoms with Crippen LogP contribution in [0.2, 0.25) is 0 Å². The van der Waals surface area contributed by atoms with Crippen LogP contribution in [0.25, 0.3) is 0 Å². The van der Waals surface area contributed by atoms with Gasteiger partial charge in [0, 0.05) is 12.6 Å². The van der Waals surface area contributed by atoms with Crippen molar-refractivity contribution in [2.45, 2.75) is 26.3 Å². The van der Waals surface area contributed by atoms with Crippen LogP contribution in [0.4, 0.5) is 11.9 Å². The lowest BCUT2D eigenvalue weighted by Gasteiger charge is -2.18. The lowest BCUT2D eigenvalue weighted by atomic mass is 10.1. The summed E-state index contributed by atoms with van der Waals surface area (Å²) in [6.45, 7) is 5.46. The minimum atomic E-state index is 0.391. The number of nitrogens with two attached hydrogens (primary N) is 1. The summed E-state index contributed by atoms with van der Waals surface area (Å²) >= 11 is 0. The van der Waals surface area contributed by atoms with Crippen molar-refractivity contribution in [1.29, 1.82) is 0 Å². The molecule has 1 aliphatic heterocycles. The Morgan fingerprint density at radius 1 is 1.54 bits per heavy atom. The zero-order chi connectivity index (χ0) is 9.42. The van der Waals surface area contributed by atoms with Crippen LogP contribution in [0.5, 0.6) is 0 Å². The second-order valence-corrected chi connectivity index (χ2v) is 3.86. The van der Waals surface area contributed by atoms with Crippen LogP contribution < -0.4 is 10.6 Å². The van der Waals surface area contributed by atoms with Crippen molar-refractivity contribution in [2.75, 3.05) is 17.2 Å². The molecule has 2 rings (SSSR count). The van der Waals surface area contributed by atoms with Crippen molar-refractivity contribution in [3.8, 4) is 0 Å². The quantitative estimate of drug-likeness (QED) is 0.666. The molecule has 0 aliphatic carbocycles. The van der Waals surface area contributed by atoms with Crippen molar-refractivity contribution < 1.29 is 0 Å². The number of nitrogen functional groups attached to an aromatic ring is 1. The molecule has 72 valence electrons. The number of nitrogens with zero attached hydrogens (tertiary/aromatic N) is 3. The number of anilines is 2. The van der Waals surface area contributed by atoms with Crippen LogP contribution in [-0.4, -0.2) is 27.8 Å². The first-order valence-corrected chi connectivity index (χ1v) is 4.61. The zero-order valence-electron chi connectivity index (χ0n) is 7.99. The van der Waals surface area contributed by atoms with Crippen LogP contribution in [-0.2, 0) is 0 Å². The van der Waals surface area contributed by atoms with E-state index in [0.717, 1.165) is 18.4 Å². The molecule has 0 bridgehead atoms. The standard InChI is InChI=1S/C8H15N5/c1-5-3-6(2)13(4-5)8-10-7(9)11-12-8/h5-6H,3-4H2,1-2H3,(H3,9,10,11,12). The highest BCUT2D eigenvalue weighted by Gasteiger charge is 2.28. The van der Waals surface area contributed by atoms with E-state index in [2.05, 4.69) is 33.9 Å². The molecule has 2 unspecified atom stereocenters. The maximum Gasteiger partial charge on any atom is 0.246 e. The first kappa shape index (κ1) is 8.34. The Morgan fingerprint density at radius 3 is 2.77 bits per heavy atom. The number of H-pyrrole nitrogens is 1. The molecule has 0 saturated carbocycles. The molecule has 3 N–H and O–H groups in total. The monoisotopic (exact) mass is 181 g/mol. The molecule has 1 aromatic rings. The highest BCUT2D eigenvalue weighted by molar-refractivity contribution is 5.36. The largest absolute Gasteiger partial charge is 0.368 e. The van der Waals surface area contributed by atoms with E-state index in [0.29, 0.717) is 12.0 Å². The molecule has 2 heterocycles.